The summed E-state index contributed by atoms with van der Waals surface area (Å²) in [5.74, 6) is -0.251. The first-order valence-electron chi connectivity index (χ1n) is 7.98. The van der Waals surface area contributed by atoms with Gasteiger partial charge in [-0.15, -0.1) is 0 Å². The smallest absolute Gasteiger partial charge is 0.237 e. The number of amides is 1. The van der Waals surface area contributed by atoms with Crippen LogP contribution >= 0.6 is 11.8 Å². The molecule has 1 aromatic heterocycles. The number of para-hydroxylation sites is 1. The number of hydrogen-bond acceptors (Lipinski definition) is 4. The number of aromatic amines is 1. The molecule has 5 nitrogen and oxygen atoms in total. The third-order valence-electron chi connectivity index (χ3n) is 3.84. The van der Waals surface area contributed by atoms with E-state index in [-0.39, 0.29) is 16.9 Å². The molecule has 1 amide bonds. The highest BCUT2D eigenvalue weighted by molar-refractivity contribution is 8.00. The number of Topliss-reactive ketones (excluding diaryl/α,β-unsaturated/α-hetero) is 1. The molecule has 0 bridgehead atoms. The van der Waals surface area contributed by atoms with Crippen LogP contribution in [0.3, 0.4) is 0 Å². The van der Waals surface area contributed by atoms with Crippen molar-refractivity contribution in [2.75, 3.05) is 5.32 Å². The van der Waals surface area contributed by atoms with Crippen LogP contribution < -0.4 is 5.32 Å². The highest BCUT2D eigenvalue weighted by Crippen LogP contribution is 2.25. The van der Waals surface area contributed by atoms with E-state index in [1.807, 2.05) is 32.0 Å². The number of aromatic nitrogens is 2. The molecule has 0 aliphatic heterocycles. The van der Waals surface area contributed by atoms with Gasteiger partial charge in [-0.1, -0.05) is 30.0 Å². The zero-order valence-corrected chi connectivity index (χ0v) is 15.1. The molecule has 3 rings (SSSR count). The van der Waals surface area contributed by atoms with Crippen LogP contribution in [0, 0.1) is 6.92 Å². The highest BCUT2D eigenvalue weighted by atomic mass is 32.2. The van der Waals surface area contributed by atoms with Gasteiger partial charge in [-0.05, 0) is 50.6 Å². The standard InChI is InChI=1S/C19H19N3O2S/c1-11-8-9-16-17(10-11)22-19(21-16)25-13(3)18(24)20-15-7-5-4-6-14(15)12(2)23/h4-10,13H,1-3H3,(H,20,24)(H,21,22). The van der Waals surface area contributed by atoms with Gasteiger partial charge in [0, 0.05) is 5.56 Å². The van der Waals surface area contributed by atoms with E-state index in [9.17, 15) is 9.59 Å². The summed E-state index contributed by atoms with van der Waals surface area (Å²) in [7, 11) is 0. The molecule has 2 aromatic carbocycles. The van der Waals surface area contributed by atoms with E-state index in [0.29, 0.717) is 16.4 Å². The zero-order chi connectivity index (χ0) is 18.0. The number of aryl methyl sites for hydroxylation is 1. The lowest BCUT2D eigenvalue weighted by Gasteiger charge is -2.12. The van der Waals surface area contributed by atoms with Crippen LogP contribution in [-0.4, -0.2) is 26.9 Å². The summed E-state index contributed by atoms with van der Waals surface area (Å²) in [5, 5.41) is 3.17. The topological polar surface area (TPSA) is 74.8 Å². The lowest BCUT2D eigenvalue weighted by molar-refractivity contribution is -0.115. The summed E-state index contributed by atoms with van der Waals surface area (Å²) in [4.78, 5) is 31.9. The van der Waals surface area contributed by atoms with Gasteiger partial charge in [-0.2, -0.15) is 0 Å². The Balaban J connectivity index is 1.73. The first-order valence-corrected chi connectivity index (χ1v) is 8.86. The minimum atomic E-state index is -0.360. The average molecular weight is 353 g/mol. The lowest BCUT2D eigenvalue weighted by Crippen LogP contribution is -2.23. The van der Waals surface area contributed by atoms with Gasteiger partial charge in [0.15, 0.2) is 10.9 Å². The molecule has 0 aliphatic carbocycles. The largest absolute Gasteiger partial charge is 0.333 e. The number of anilines is 1. The second-order valence-corrected chi connectivity index (χ2v) is 7.24. The summed E-state index contributed by atoms with van der Waals surface area (Å²) in [6.45, 7) is 5.32. The van der Waals surface area contributed by atoms with E-state index in [4.69, 9.17) is 0 Å². The average Bonchev–Trinajstić information content (AvgIpc) is 2.96. The van der Waals surface area contributed by atoms with Crippen LogP contribution in [0.1, 0.15) is 29.8 Å². The second-order valence-electron chi connectivity index (χ2n) is 5.91. The Kier molecular flexibility index (Phi) is 4.90. The highest BCUT2D eigenvalue weighted by Gasteiger charge is 2.18. The van der Waals surface area contributed by atoms with Gasteiger partial charge >= 0.3 is 0 Å². The number of imidazole rings is 1. The zero-order valence-electron chi connectivity index (χ0n) is 14.3. The molecule has 6 heteroatoms. The molecule has 0 saturated carbocycles. The molecule has 0 radical (unpaired) electrons. The molecule has 1 heterocycles. The minimum Gasteiger partial charge on any atom is -0.333 e. The monoisotopic (exact) mass is 353 g/mol. The van der Waals surface area contributed by atoms with Crippen LogP contribution in [0.4, 0.5) is 5.69 Å². The van der Waals surface area contributed by atoms with Gasteiger partial charge in [0.25, 0.3) is 0 Å². The van der Waals surface area contributed by atoms with Crippen molar-refractivity contribution < 1.29 is 9.59 Å². The number of rotatable bonds is 5. The second kappa shape index (κ2) is 7.11. The van der Waals surface area contributed by atoms with Crippen molar-refractivity contribution in [3.8, 4) is 0 Å². The van der Waals surface area contributed by atoms with E-state index >= 15 is 0 Å². The number of thioether (sulfide) groups is 1. The molecule has 0 spiro atoms. The summed E-state index contributed by atoms with van der Waals surface area (Å²) < 4.78 is 0. The Labute approximate surface area is 150 Å². The van der Waals surface area contributed by atoms with E-state index in [1.54, 1.807) is 24.3 Å². The van der Waals surface area contributed by atoms with Gasteiger partial charge in [-0.25, -0.2) is 4.98 Å². The molecule has 0 aliphatic rings. The van der Waals surface area contributed by atoms with Crippen molar-refractivity contribution in [3.05, 3.63) is 53.6 Å². The summed E-state index contributed by atoms with van der Waals surface area (Å²) in [6, 6.07) is 13.0. The third-order valence-corrected chi connectivity index (χ3v) is 4.82. The van der Waals surface area contributed by atoms with Gasteiger partial charge in [0.1, 0.15) is 0 Å². The normalized spacial score (nSPS) is 12.1. The number of hydrogen-bond donors (Lipinski definition) is 2. The molecule has 0 saturated heterocycles. The van der Waals surface area contributed by atoms with Crippen molar-refractivity contribution in [2.45, 2.75) is 31.2 Å². The van der Waals surface area contributed by atoms with E-state index in [2.05, 4.69) is 15.3 Å². The summed E-state index contributed by atoms with van der Waals surface area (Å²) in [5.41, 5.74) is 4.03. The Morgan fingerprint density at radius 2 is 1.96 bits per heavy atom. The fourth-order valence-corrected chi connectivity index (χ4v) is 3.33. The van der Waals surface area contributed by atoms with Gasteiger partial charge in [-0.3, -0.25) is 9.59 Å². The number of ketones is 1. The molecule has 128 valence electrons. The first kappa shape index (κ1) is 17.2. The van der Waals surface area contributed by atoms with Crippen molar-refractivity contribution >= 4 is 40.2 Å². The molecule has 2 N–H and O–H groups in total. The molecule has 25 heavy (non-hydrogen) atoms. The number of H-pyrrole nitrogens is 1. The SMILES string of the molecule is CC(=O)c1ccccc1NC(=O)C(C)Sc1nc2ccc(C)cc2[nH]1. The Morgan fingerprint density at radius 3 is 2.72 bits per heavy atom. The molecule has 3 aromatic rings. The first-order chi connectivity index (χ1) is 11.9. The van der Waals surface area contributed by atoms with Crippen molar-refractivity contribution in [3.63, 3.8) is 0 Å². The number of nitrogens with zero attached hydrogens (tertiary/aromatic N) is 1. The van der Waals surface area contributed by atoms with Crippen LogP contribution in [0.5, 0.6) is 0 Å². The predicted molar refractivity (Wildman–Crippen MR) is 101 cm³/mol. The maximum absolute atomic E-state index is 12.5. The molecule has 1 unspecified atom stereocenters. The number of nitrogens with one attached hydrogen (secondary N) is 2. The quantitative estimate of drug-likeness (QED) is 0.533. The lowest BCUT2D eigenvalue weighted by atomic mass is 10.1. The predicted octanol–water partition coefficient (Wildman–Crippen LogP) is 4.19. The van der Waals surface area contributed by atoms with Crippen LogP contribution in [0.2, 0.25) is 0 Å². The number of carbonyl (C=O) groups excluding carboxylic acids is 2. The van der Waals surface area contributed by atoms with Crippen molar-refractivity contribution in [1.82, 2.24) is 9.97 Å². The van der Waals surface area contributed by atoms with Gasteiger partial charge in [0.05, 0.1) is 22.0 Å². The Morgan fingerprint density at radius 1 is 1.20 bits per heavy atom. The number of benzene rings is 2. The molecule has 0 fully saturated rings. The van der Waals surface area contributed by atoms with E-state index < -0.39 is 0 Å². The Bertz CT molecular complexity index is 949. The maximum Gasteiger partial charge on any atom is 0.237 e. The fraction of sp³-hybridized carbons (Fsp3) is 0.211. The van der Waals surface area contributed by atoms with Crippen molar-refractivity contribution in [1.29, 1.82) is 0 Å². The minimum absolute atomic E-state index is 0.0798. The Hall–Kier alpha value is -2.60. The summed E-state index contributed by atoms with van der Waals surface area (Å²) in [6.07, 6.45) is 0. The third kappa shape index (κ3) is 3.91. The number of fused-ring (bicyclic) bond motifs is 1. The maximum atomic E-state index is 12.5. The fourth-order valence-electron chi connectivity index (χ4n) is 2.51. The van der Waals surface area contributed by atoms with Crippen molar-refractivity contribution in [2.24, 2.45) is 0 Å². The van der Waals surface area contributed by atoms with Crippen LogP contribution in [0.15, 0.2) is 47.6 Å². The molecule has 1 atom stereocenters. The number of carbonyl (C=O) groups is 2. The van der Waals surface area contributed by atoms with Crippen LogP contribution in [-0.2, 0) is 4.79 Å². The van der Waals surface area contributed by atoms with E-state index in [0.717, 1.165) is 16.6 Å². The van der Waals surface area contributed by atoms with Crippen LogP contribution in [0.25, 0.3) is 11.0 Å². The van der Waals surface area contributed by atoms with Gasteiger partial charge in [0.2, 0.25) is 5.91 Å². The molecular weight excluding hydrogens is 334 g/mol. The van der Waals surface area contributed by atoms with Gasteiger partial charge < -0.3 is 10.3 Å². The summed E-state index contributed by atoms with van der Waals surface area (Å²) >= 11 is 1.35. The molecular formula is C19H19N3O2S. The van der Waals surface area contributed by atoms with E-state index in [1.165, 1.54) is 18.7 Å².